The molecule has 1 unspecified atom stereocenters. The number of halogens is 51. The zero-order valence-corrected chi connectivity index (χ0v) is 42.0. The first-order valence-corrected chi connectivity index (χ1v) is 22.9. The van der Waals surface area contributed by atoms with Gasteiger partial charge in [-0.2, -0.15) is 236 Å². The standard InChI is InChI=1S/C39H21F51S/c40-16(41,19(46,47)22(52,53)25(58,59)28(64,65)31(70,71)34(76,77)37(82,83)84)9-1-3-13-4-6-14(7-5-13)15(8-11-18(44,45)21(50,51)24(56,57)27(62,63)30(68,69)33(74,75)36(80,81)39(88,89)90)91-12-2-10-17(42,43)20(48,49)23(54,55)26(60,61)29(66,67)32(72,73)35(78,79)38(85,86)87/h4-7,15H,1-3,8-12H2. The van der Waals surface area contributed by atoms with Crippen LogP contribution in [0.3, 0.4) is 0 Å². The molecule has 0 spiro atoms. The number of hydrogen-bond acceptors (Lipinski definition) is 1. The molecule has 540 valence electrons. The van der Waals surface area contributed by atoms with Crippen LogP contribution in [0.1, 0.15) is 54.9 Å². The summed E-state index contributed by atoms with van der Waals surface area (Å²) in [5.41, 5.74) is -2.41. The smallest absolute Gasteiger partial charge is 0.200 e. The number of benzene rings is 1. The molecule has 91 heavy (non-hydrogen) atoms. The van der Waals surface area contributed by atoms with Crippen LogP contribution in [0.15, 0.2) is 24.3 Å². The van der Waals surface area contributed by atoms with E-state index in [0.29, 0.717) is 0 Å². The Hall–Kier alpha value is -4.00. The average Bonchev–Trinajstić information content (AvgIpc) is 0.710. The van der Waals surface area contributed by atoms with Crippen LogP contribution in [0.5, 0.6) is 0 Å². The van der Waals surface area contributed by atoms with E-state index in [1.807, 2.05) is 0 Å². The molecule has 0 N–H and O–H groups in total. The summed E-state index contributed by atoms with van der Waals surface area (Å²) >= 11 is -0.890. The van der Waals surface area contributed by atoms with E-state index in [9.17, 15) is 224 Å². The topological polar surface area (TPSA) is 0 Å². The Morgan fingerprint density at radius 3 is 0.659 bits per heavy atom. The number of alkyl halides is 51. The number of hydrogen-bond donors (Lipinski definition) is 0. The van der Waals surface area contributed by atoms with Crippen molar-refractivity contribution in [3.63, 3.8) is 0 Å². The molecule has 1 aromatic rings. The van der Waals surface area contributed by atoms with Gasteiger partial charge in [0.15, 0.2) is 0 Å². The van der Waals surface area contributed by atoms with Crippen LogP contribution in [-0.2, 0) is 6.42 Å². The van der Waals surface area contributed by atoms with Crippen molar-refractivity contribution in [3.05, 3.63) is 35.4 Å². The molecular weight excluding hydrogens is 1470 g/mol. The fourth-order valence-electron chi connectivity index (χ4n) is 6.65. The number of thioether (sulfide) groups is 1. The maximum absolute atomic E-state index is 14.9. The van der Waals surface area contributed by atoms with Gasteiger partial charge in [-0.3, -0.25) is 0 Å². The van der Waals surface area contributed by atoms with E-state index in [2.05, 4.69) is 0 Å². The molecule has 0 radical (unpaired) electrons. The molecule has 1 aromatic carbocycles. The molecule has 1 atom stereocenters. The molecule has 0 aliphatic carbocycles. The van der Waals surface area contributed by atoms with E-state index in [0.717, 1.165) is 0 Å². The van der Waals surface area contributed by atoms with Crippen molar-refractivity contribution in [1.82, 2.24) is 0 Å². The highest BCUT2D eigenvalue weighted by Gasteiger charge is 2.98. The van der Waals surface area contributed by atoms with Crippen LogP contribution in [0.2, 0.25) is 0 Å². The van der Waals surface area contributed by atoms with Crippen molar-refractivity contribution in [2.75, 3.05) is 5.75 Å². The van der Waals surface area contributed by atoms with Crippen LogP contribution < -0.4 is 0 Å². The monoisotopic (exact) mass is 1490 g/mol. The molecule has 1 rings (SSSR count). The van der Waals surface area contributed by atoms with Crippen molar-refractivity contribution in [2.24, 2.45) is 0 Å². The quantitative estimate of drug-likeness (QED) is 0.0527. The maximum atomic E-state index is 14.9. The lowest BCUT2D eigenvalue weighted by Gasteiger charge is -2.43. The first-order valence-electron chi connectivity index (χ1n) is 21.8. The summed E-state index contributed by atoms with van der Waals surface area (Å²) in [6, 6.07) is -0.0153. The summed E-state index contributed by atoms with van der Waals surface area (Å²) in [6.07, 6.45) is -43.8. The van der Waals surface area contributed by atoms with E-state index >= 15 is 0 Å². The van der Waals surface area contributed by atoms with Gasteiger partial charge in [-0.25, -0.2) is 0 Å². The van der Waals surface area contributed by atoms with E-state index < -0.39 is 222 Å². The Morgan fingerprint density at radius 1 is 0.231 bits per heavy atom. The summed E-state index contributed by atoms with van der Waals surface area (Å²) in [5, 5.41) is -2.95. The largest absolute Gasteiger partial charge is 0.460 e. The van der Waals surface area contributed by atoms with E-state index in [1.54, 1.807) is 0 Å². The third-order valence-electron chi connectivity index (χ3n) is 12.3. The molecule has 52 heteroatoms. The third-order valence-corrected chi connectivity index (χ3v) is 13.8. The molecule has 0 bridgehead atoms. The second kappa shape index (κ2) is 23.7. The Morgan fingerprint density at radius 2 is 0.429 bits per heavy atom. The zero-order chi connectivity index (χ0) is 73.9. The first kappa shape index (κ1) is 85.0. The highest BCUT2D eigenvalue weighted by atomic mass is 32.2. The highest BCUT2D eigenvalue weighted by molar-refractivity contribution is 7.99. The van der Waals surface area contributed by atoms with Crippen LogP contribution in [0, 0.1) is 0 Å². The summed E-state index contributed by atoms with van der Waals surface area (Å²) < 4.78 is 699. The minimum absolute atomic E-state index is 0.0344. The molecule has 0 fully saturated rings. The Balaban J connectivity index is 3.93. The highest BCUT2D eigenvalue weighted by Crippen LogP contribution is 2.69. The summed E-state index contributed by atoms with van der Waals surface area (Å²) in [4.78, 5) is 0. The van der Waals surface area contributed by atoms with Gasteiger partial charge in [-0.15, -0.1) is 0 Å². The minimum atomic E-state index is -9.29. The van der Waals surface area contributed by atoms with Crippen LogP contribution in [0.4, 0.5) is 224 Å². The van der Waals surface area contributed by atoms with E-state index in [4.69, 9.17) is 0 Å². The number of rotatable bonds is 31. The Bertz CT molecular complexity index is 2610. The second-order valence-corrected chi connectivity index (χ2v) is 19.9. The molecule has 0 aliphatic heterocycles. The zero-order valence-electron chi connectivity index (χ0n) is 41.2. The molecule has 0 heterocycles. The first-order chi connectivity index (χ1) is 39.0. The van der Waals surface area contributed by atoms with Crippen molar-refractivity contribution < 1.29 is 224 Å². The molecule has 0 aromatic heterocycles. The average molecular weight is 1490 g/mol. The molecule has 0 saturated carbocycles. The van der Waals surface area contributed by atoms with Crippen molar-refractivity contribution in [1.29, 1.82) is 0 Å². The summed E-state index contributed by atoms with van der Waals surface area (Å²) in [7, 11) is 0. The SMILES string of the molecule is FC(F)(F)C(F)(F)C(F)(F)C(F)(F)C(F)(F)C(F)(F)C(F)(F)C(F)(F)CCCSC(CCC(F)(F)C(F)(F)C(F)(F)C(F)(F)C(F)(F)C(F)(F)C(F)(F)C(F)(F)F)c1ccc(CCCC(F)(F)C(F)(F)C(F)(F)C(F)(F)C(F)(F)C(F)(F)C(F)(F)C(F)(F)F)cc1. The van der Waals surface area contributed by atoms with Crippen molar-refractivity contribution >= 4 is 11.8 Å². The summed E-state index contributed by atoms with van der Waals surface area (Å²) in [5.74, 6) is -185. The fourth-order valence-corrected chi connectivity index (χ4v) is 7.88. The van der Waals surface area contributed by atoms with Gasteiger partial charge in [0.25, 0.3) is 0 Å². The van der Waals surface area contributed by atoms with Gasteiger partial charge in [-0.1, -0.05) is 24.3 Å². The Kier molecular flexibility index (Phi) is 22.1. The van der Waals surface area contributed by atoms with Gasteiger partial charge >= 0.3 is 143 Å². The minimum Gasteiger partial charge on any atom is -0.200 e. The van der Waals surface area contributed by atoms with Gasteiger partial charge in [0.05, 0.1) is 0 Å². The van der Waals surface area contributed by atoms with Gasteiger partial charge in [0.2, 0.25) is 0 Å². The molecular formula is C39H21F51S. The van der Waals surface area contributed by atoms with Gasteiger partial charge in [0, 0.05) is 24.5 Å². The van der Waals surface area contributed by atoms with Crippen LogP contribution >= 0.6 is 11.8 Å². The van der Waals surface area contributed by atoms with Gasteiger partial charge in [-0.05, 0) is 42.6 Å². The summed E-state index contributed by atoms with van der Waals surface area (Å²) in [6.45, 7) is 0. The predicted molar refractivity (Wildman–Crippen MR) is 195 cm³/mol. The lowest BCUT2D eigenvalue weighted by atomic mass is 9.87. The second-order valence-electron chi connectivity index (χ2n) is 18.5. The van der Waals surface area contributed by atoms with E-state index in [1.165, 1.54) is 0 Å². The Labute approximate surface area is 470 Å². The fraction of sp³-hybridized carbons (Fsp3) is 0.846. The predicted octanol–water partition coefficient (Wildman–Crippen LogP) is 21.4. The lowest BCUT2D eigenvalue weighted by molar-refractivity contribution is -0.461. The molecule has 0 saturated heterocycles. The lowest BCUT2D eigenvalue weighted by Crippen LogP contribution is -2.74. The van der Waals surface area contributed by atoms with Crippen molar-refractivity contribution in [3.8, 4) is 0 Å². The maximum Gasteiger partial charge on any atom is 0.460 e. The van der Waals surface area contributed by atoms with E-state index in [-0.39, 0.29) is 24.3 Å². The number of aryl methyl sites for hydroxylation is 1. The molecule has 0 nitrogen and oxygen atoms in total. The van der Waals surface area contributed by atoms with Crippen molar-refractivity contribution in [2.45, 2.75) is 193 Å². The third kappa shape index (κ3) is 12.5. The van der Waals surface area contributed by atoms with Gasteiger partial charge in [0.1, 0.15) is 0 Å². The molecule has 0 amide bonds. The normalized spacial score (nSPS) is 16.9. The van der Waals surface area contributed by atoms with Gasteiger partial charge < -0.3 is 0 Å². The molecule has 0 aliphatic rings. The van der Waals surface area contributed by atoms with Crippen LogP contribution in [-0.4, -0.2) is 149 Å². The van der Waals surface area contributed by atoms with Crippen LogP contribution in [0.25, 0.3) is 0 Å².